The summed E-state index contributed by atoms with van der Waals surface area (Å²) in [5, 5.41) is 0. The van der Waals surface area contributed by atoms with Crippen LogP contribution in [0.5, 0.6) is 0 Å². The average molecular weight is 241 g/mol. The van der Waals surface area contributed by atoms with Gasteiger partial charge in [0.15, 0.2) is 0 Å². The average Bonchev–Trinajstić information content (AvgIpc) is 1.85. The third-order valence-corrected chi connectivity index (χ3v) is 1.93. The Kier molecular flexibility index (Phi) is 2.84. The second-order valence-corrected chi connectivity index (χ2v) is 3.85. The van der Waals surface area contributed by atoms with Gasteiger partial charge in [0.25, 0.3) is 0 Å². The van der Waals surface area contributed by atoms with Crippen LogP contribution in [0.4, 0.5) is 8.78 Å². The minimum absolute atomic E-state index is 0.244. The molecule has 0 saturated heterocycles. The van der Waals surface area contributed by atoms with Crippen LogP contribution in [-0.4, -0.2) is 0 Å². The van der Waals surface area contributed by atoms with Crippen LogP contribution in [0.1, 0.15) is 9.85 Å². The second kappa shape index (κ2) is 3.50. The molecule has 1 rings (SSSR count). The van der Waals surface area contributed by atoms with E-state index in [1.807, 2.05) is 0 Å². The Morgan fingerprint density at radius 2 is 2.00 bits per heavy atom. The first-order chi connectivity index (χ1) is 5.11. The molecule has 0 fully saturated rings. The summed E-state index contributed by atoms with van der Waals surface area (Å²) in [6, 6.07) is 3.26. The van der Waals surface area contributed by atoms with Crippen molar-refractivity contribution in [2.24, 2.45) is 0 Å². The molecule has 0 aliphatic heterocycles. The summed E-state index contributed by atoms with van der Waals surface area (Å²) in [5.41, 5.74) is 0.244. The van der Waals surface area contributed by atoms with Crippen molar-refractivity contribution in [3.63, 3.8) is 0 Å². The van der Waals surface area contributed by atoms with Crippen LogP contribution in [0.3, 0.4) is 0 Å². The van der Waals surface area contributed by atoms with E-state index in [1.165, 1.54) is 6.07 Å². The molecular weight excluding hydrogens is 237 g/mol. The van der Waals surface area contributed by atoms with Gasteiger partial charge < -0.3 is 0 Å². The van der Waals surface area contributed by atoms with Crippen molar-refractivity contribution in [2.45, 2.75) is 4.29 Å². The van der Waals surface area contributed by atoms with E-state index in [4.69, 9.17) is 11.6 Å². The second-order valence-electron chi connectivity index (χ2n) is 1.97. The van der Waals surface area contributed by atoms with Crippen LogP contribution in [0.25, 0.3) is 0 Å². The van der Waals surface area contributed by atoms with E-state index in [2.05, 4.69) is 15.9 Å². The molecule has 1 atom stereocenters. The summed E-state index contributed by atoms with van der Waals surface area (Å²) in [5.74, 6) is -1.24. The van der Waals surface area contributed by atoms with Crippen molar-refractivity contribution in [3.05, 3.63) is 35.4 Å². The molecule has 1 unspecified atom stereocenters. The lowest BCUT2D eigenvalue weighted by molar-refractivity contribution is 0.576. The minimum Gasteiger partial charge on any atom is -0.207 e. The van der Waals surface area contributed by atoms with Gasteiger partial charge in [-0.25, -0.2) is 8.78 Å². The Morgan fingerprint density at radius 1 is 1.36 bits per heavy atom. The fourth-order valence-corrected chi connectivity index (χ4v) is 1.23. The van der Waals surface area contributed by atoms with Crippen molar-refractivity contribution in [1.82, 2.24) is 0 Å². The van der Waals surface area contributed by atoms with Crippen molar-refractivity contribution < 1.29 is 8.78 Å². The van der Waals surface area contributed by atoms with Crippen LogP contribution in [0.15, 0.2) is 18.2 Å². The predicted octanol–water partition coefficient (Wildman–Crippen LogP) is 3.60. The Morgan fingerprint density at radius 3 is 2.45 bits per heavy atom. The molecule has 60 valence electrons. The summed E-state index contributed by atoms with van der Waals surface area (Å²) in [6.07, 6.45) is 0. The highest BCUT2D eigenvalue weighted by Gasteiger charge is 2.09. The van der Waals surface area contributed by atoms with Crippen LogP contribution < -0.4 is 0 Å². The third-order valence-electron chi connectivity index (χ3n) is 1.20. The van der Waals surface area contributed by atoms with E-state index < -0.39 is 15.9 Å². The quantitative estimate of drug-likeness (QED) is 0.659. The maximum Gasteiger partial charge on any atom is 0.131 e. The van der Waals surface area contributed by atoms with Crippen LogP contribution in [0, 0.1) is 11.6 Å². The molecule has 0 nitrogen and oxygen atoms in total. The summed E-state index contributed by atoms with van der Waals surface area (Å²) in [6.45, 7) is 0. The predicted molar refractivity (Wildman–Crippen MR) is 43.9 cm³/mol. The number of hydrogen-bond acceptors (Lipinski definition) is 0. The normalized spacial score (nSPS) is 13.1. The Bertz CT molecular complexity index is 263. The molecule has 0 bridgehead atoms. The molecule has 0 amide bonds. The number of hydrogen-bond donors (Lipinski definition) is 0. The smallest absolute Gasteiger partial charge is 0.131 e. The van der Waals surface area contributed by atoms with Crippen LogP contribution >= 0.6 is 27.5 Å². The SMILES string of the molecule is Fc1ccc(C(Cl)Br)c(F)c1. The zero-order valence-electron chi connectivity index (χ0n) is 5.32. The maximum atomic E-state index is 12.7. The van der Waals surface area contributed by atoms with Crippen LogP contribution in [0.2, 0.25) is 0 Å². The van der Waals surface area contributed by atoms with Gasteiger partial charge in [-0.2, -0.15) is 0 Å². The van der Waals surface area contributed by atoms with Crippen molar-refractivity contribution in [1.29, 1.82) is 0 Å². The first-order valence-corrected chi connectivity index (χ1v) is 4.19. The van der Waals surface area contributed by atoms with E-state index in [0.717, 1.165) is 12.1 Å². The van der Waals surface area contributed by atoms with Gasteiger partial charge in [-0.3, -0.25) is 0 Å². The summed E-state index contributed by atoms with van der Waals surface area (Å²) in [7, 11) is 0. The summed E-state index contributed by atoms with van der Waals surface area (Å²) < 4.78 is 24.5. The Labute approximate surface area is 76.3 Å². The molecule has 0 aliphatic carbocycles. The van der Waals surface area contributed by atoms with Crippen molar-refractivity contribution >= 4 is 27.5 Å². The lowest BCUT2D eigenvalue weighted by atomic mass is 10.2. The summed E-state index contributed by atoms with van der Waals surface area (Å²) >= 11 is 8.48. The number of benzene rings is 1. The van der Waals surface area contributed by atoms with Gasteiger partial charge in [0.2, 0.25) is 0 Å². The van der Waals surface area contributed by atoms with Crippen molar-refractivity contribution in [3.8, 4) is 0 Å². The maximum absolute atomic E-state index is 12.7. The molecule has 1 aromatic rings. The molecular formula is C7H4BrClF2. The molecule has 1 aromatic carbocycles. The highest BCUT2D eigenvalue weighted by molar-refractivity contribution is 9.09. The molecule has 11 heavy (non-hydrogen) atoms. The third kappa shape index (κ3) is 2.14. The molecule has 0 N–H and O–H groups in total. The van der Waals surface area contributed by atoms with E-state index in [1.54, 1.807) is 0 Å². The Hall–Kier alpha value is -0.150. The van der Waals surface area contributed by atoms with Gasteiger partial charge in [0.1, 0.15) is 15.9 Å². The fourth-order valence-electron chi connectivity index (χ4n) is 0.678. The van der Waals surface area contributed by atoms with E-state index >= 15 is 0 Å². The lowest BCUT2D eigenvalue weighted by Gasteiger charge is -2.02. The molecule has 0 aliphatic rings. The highest BCUT2D eigenvalue weighted by atomic mass is 79.9. The first kappa shape index (κ1) is 8.94. The number of rotatable bonds is 1. The number of halogens is 4. The standard InChI is InChI=1S/C7H4BrClF2/c8-7(9)5-2-1-4(10)3-6(5)11/h1-3,7H. The van der Waals surface area contributed by atoms with Gasteiger partial charge in [0.05, 0.1) is 0 Å². The topological polar surface area (TPSA) is 0 Å². The minimum atomic E-state index is -0.637. The van der Waals surface area contributed by atoms with Gasteiger partial charge in [-0.05, 0) is 6.07 Å². The summed E-state index contributed by atoms with van der Waals surface area (Å²) in [4.78, 5) is 0. The molecule has 0 radical (unpaired) electrons. The fraction of sp³-hybridized carbons (Fsp3) is 0.143. The zero-order valence-corrected chi connectivity index (χ0v) is 7.66. The molecule has 4 heteroatoms. The first-order valence-electron chi connectivity index (χ1n) is 2.84. The Balaban J connectivity index is 3.09. The van der Waals surface area contributed by atoms with E-state index in [9.17, 15) is 8.78 Å². The monoisotopic (exact) mass is 240 g/mol. The van der Waals surface area contributed by atoms with Gasteiger partial charge >= 0.3 is 0 Å². The van der Waals surface area contributed by atoms with Crippen LogP contribution in [-0.2, 0) is 0 Å². The van der Waals surface area contributed by atoms with Gasteiger partial charge in [-0.15, -0.1) is 11.6 Å². The van der Waals surface area contributed by atoms with Gasteiger partial charge in [0, 0.05) is 11.6 Å². The van der Waals surface area contributed by atoms with Crippen molar-refractivity contribution in [2.75, 3.05) is 0 Å². The molecule has 0 heterocycles. The number of alkyl halides is 2. The molecule has 0 saturated carbocycles. The van der Waals surface area contributed by atoms with E-state index in [-0.39, 0.29) is 5.56 Å². The largest absolute Gasteiger partial charge is 0.207 e. The lowest BCUT2D eigenvalue weighted by Crippen LogP contribution is -1.88. The van der Waals surface area contributed by atoms with Gasteiger partial charge in [-0.1, -0.05) is 22.0 Å². The molecule has 0 aromatic heterocycles. The molecule has 0 spiro atoms. The van der Waals surface area contributed by atoms with E-state index in [0.29, 0.717) is 0 Å². The highest BCUT2D eigenvalue weighted by Crippen LogP contribution is 2.28. The zero-order chi connectivity index (χ0) is 8.43.